The Bertz CT molecular complexity index is 1400. The molecule has 0 unspecified atom stereocenters. The lowest BCUT2D eigenvalue weighted by atomic mass is 10.0. The molecule has 0 amide bonds. The van der Waals surface area contributed by atoms with Gasteiger partial charge in [-0.1, -0.05) is 0 Å². The van der Waals surface area contributed by atoms with Crippen LogP contribution in [-0.4, -0.2) is 29.7 Å². The number of hydrogen-bond donors (Lipinski definition) is 1. The van der Waals surface area contributed by atoms with Gasteiger partial charge in [-0.2, -0.15) is 0 Å². The number of nitrogens with zero attached hydrogens (tertiary/aromatic N) is 1. The third-order valence-electron chi connectivity index (χ3n) is 5.45. The number of aromatic nitrogens is 1. The van der Waals surface area contributed by atoms with Gasteiger partial charge in [-0.25, -0.2) is 0 Å². The molecule has 0 saturated carbocycles. The van der Waals surface area contributed by atoms with Crippen molar-refractivity contribution in [2.24, 2.45) is 0 Å². The highest BCUT2D eigenvalue weighted by molar-refractivity contribution is 6.27. The molecule has 0 aliphatic heterocycles. The summed E-state index contributed by atoms with van der Waals surface area (Å²) in [6.07, 6.45) is 0. The first-order valence-corrected chi connectivity index (χ1v) is 9.32. The molecule has 3 aromatic carbocycles. The fourth-order valence-electron chi connectivity index (χ4n) is 4.02. The van der Waals surface area contributed by atoms with Crippen LogP contribution in [0.4, 0.5) is 0 Å². The van der Waals surface area contributed by atoms with Crippen molar-refractivity contribution in [2.45, 2.75) is 0 Å². The summed E-state index contributed by atoms with van der Waals surface area (Å²) in [5, 5.41) is 10.7. The van der Waals surface area contributed by atoms with Crippen molar-refractivity contribution in [1.82, 2.24) is 4.57 Å². The summed E-state index contributed by atoms with van der Waals surface area (Å²) in [7, 11) is 3.07. The van der Waals surface area contributed by atoms with E-state index in [1.165, 1.54) is 23.8 Å². The van der Waals surface area contributed by atoms with Crippen molar-refractivity contribution in [3.8, 4) is 34.2 Å². The summed E-state index contributed by atoms with van der Waals surface area (Å²) >= 11 is 0. The molecule has 0 bridgehead atoms. The van der Waals surface area contributed by atoms with Gasteiger partial charge in [0.15, 0.2) is 5.78 Å². The quantitative estimate of drug-likeness (QED) is 0.497. The van der Waals surface area contributed by atoms with Crippen LogP contribution in [0.2, 0.25) is 0 Å². The molecule has 0 radical (unpaired) electrons. The zero-order valence-corrected chi connectivity index (χ0v) is 16.3. The highest BCUT2D eigenvalue weighted by Gasteiger charge is 2.33. The van der Waals surface area contributed by atoms with Gasteiger partial charge in [-0.15, -0.1) is 0 Å². The lowest BCUT2D eigenvalue weighted by Crippen LogP contribution is -2.21. The Balaban J connectivity index is 1.96. The molecule has 6 nitrogen and oxygen atoms in total. The molecule has 1 aliphatic carbocycles. The molecule has 1 N–H and O–H groups in total. The van der Waals surface area contributed by atoms with Crippen LogP contribution in [0.3, 0.4) is 0 Å². The summed E-state index contributed by atoms with van der Waals surface area (Å²) in [5.74, 6) is 1.02. The zero-order chi connectivity index (χ0) is 21.0. The van der Waals surface area contributed by atoms with Crippen LogP contribution in [0.5, 0.6) is 17.2 Å². The maximum absolute atomic E-state index is 13.6. The smallest absolute Gasteiger partial charge is 0.263 e. The van der Waals surface area contributed by atoms with E-state index in [0.717, 1.165) is 0 Å². The van der Waals surface area contributed by atoms with Crippen LogP contribution in [-0.2, 0) is 0 Å². The number of phenols is 1. The van der Waals surface area contributed by atoms with E-state index in [2.05, 4.69) is 0 Å². The lowest BCUT2D eigenvalue weighted by molar-refractivity contribution is 0.104. The standard InChI is InChI=1S/C24H17NO5/c1-29-15-8-10-18-19(11-15)23(27)21-17-9-7-16(30-2)12-20(17)24(28)25(22(18)21)13-3-5-14(26)6-4-13/h3-12,26H,1-2H3. The molecule has 4 aromatic rings. The monoisotopic (exact) mass is 399 g/mol. The summed E-state index contributed by atoms with van der Waals surface area (Å²) in [6.45, 7) is 0. The van der Waals surface area contributed by atoms with E-state index in [1.807, 2.05) is 0 Å². The topological polar surface area (TPSA) is 77.8 Å². The molecule has 5 rings (SSSR count). The summed E-state index contributed by atoms with van der Waals surface area (Å²) in [6, 6.07) is 16.7. The highest BCUT2D eigenvalue weighted by Crippen LogP contribution is 2.42. The number of methoxy groups -OCH3 is 2. The minimum absolute atomic E-state index is 0.0899. The molecule has 0 atom stereocenters. The number of carbonyl (C=O) groups is 1. The minimum Gasteiger partial charge on any atom is -0.508 e. The van der Waals surface area contributed by atoms with Crippen molar-refractivity contribution in [1.29, 1.82) is 0 Å². The van der Waals surface area contributed by atoms with Gasteiger partial charge in [-0.3, -0.25) is 14.2 Å². The van der Waals surface area contributed by atoms with E-state index >= 15 is 0 Å². The number of aromatic hydroxyl groups is 1. The SMILES string of the molecule is COc1ccc2c(c1)C(=O)c1c-2n(-c2ccc(O)cc2)c(=O)c2cc(OC)ccc12. The van der Waals surface area contributed by atoms with E-state index in [1.54, 1.807) is 55.6 Å². The lowest BCUT2D eigenvalue weighted by Gasteiger charge is -2.16. The average molecular weight is 399 g/mol. The molecule has 0 spiro atoms. The second-order valence-electron chi connectivity index (χ2n) is 7.03. The molecule has 1 aliphatic rings. The summed E-state index contributed by atoms with van der Waals surface area (Å²) in [4.78, 5) is 27.0. The number of ketones is 1. The van der Waals surface area contributed by atoms with Crippen LogP contribution >= 0.6 is 0 Å². The summed E-state index contributed by atoms with van der Waals surface area (Å²) in [5.41, 5.74) is 2.42. The van der Waals surface area contributed by atoms with E-state index in [9.17, 15) is 14.7 Å². The second-order valence-corrected chi connectivity index (χ2v) is 7.03. The third-order valence-corrected chi connectivity index (χ3v) is 5.45. The Morgan fingerprint density at radius 2 is 1.43 bits per heavy atom. The Labute approximate surface area is 171 Å². The first kappa shape index (κ1) is 18.0. The largest absolute Gasteiger partial charge is 0.508 e. The van der Waals surface area contributed by atoms with Crippen LogP contribution < -0.4 is 15.0 Å². The number of phenolic OH excluding ortho intramolecular Hbond substituents is 1. The normalized spacial score (nSPS) is 12.0. The first-order valence-electron chi connectivity index (χ1n) is 9.32. The molecular formula is C24H17NO5. The van der Waals surface area contributed by atoms with Gasteiger partial charge in [0, 0.05) is 22.2 Å². The maximum Gasteiger partial charge on any atom is 0.263 e. The number of fused-ring (bicyclic) bond motifs is 5. The number of benzene rings is 3. The fourth-order valence-corrected chi connectivity index (χ4v) is 4.02. The number of ether oxygens (including phenoxy) is 2. The van der Waals surface area contributed by atoms with Crippen molar-refractivity contribution in [3.05, 3.63) is 82.1 Å². The van der Waals surface area contributed by atoms with Gasteiger partial charge in [0.05, 0.1) is 30.9 Å². The molecule has 1 aromatic heterocycles. The van der Waals surface area contributed by atoms with Crippen LogP contribution in [0.1, 0.15) is 15.9 Å². The maximum atomic E-state index is 13.6. The number of rotatable bonds is 3. The minimum atomic E-state index is -0.273. The van der Waals surface area contributed by atoms with Crippen molar-refractivity contribution in [2.75, 3.05) is 14.2 Å². The van der Waals surface area contributed by atoms with E-state index in [-0.39, 0.29) is 17.1 Å². The van der Waals surface area contributed by atoms with Gasteiger partial charge in [0.1, 0.15) is 17.2 Å². The van der Waals surface area contributed by atoms with Crippen molar-refractivity contribution >= 4 is 16.6 Å². The second kappa shape index (κ2) is 6.49. The molecule has 0 saturated heterocycles. The van der Waals surface area contributed by atoms with Gasteiger partial charge in [0.2, 0.25) is 0 Å². The Morgan fingerprint density at radius 1 is 0.767 bits per heavy atom. The number of hydrogen-bond acceptors (Lipinski definition) is 5. The van der Waals surface area contributed by atoms with E-state index < -0.39 is 0 Å². The number of carbonyl (C=O) groups excluding carboxylic acids is 1. The Kier molecular flexibility index (Phi) is 3.89. The van der Waals surface area contributed by atoms with Gasteiger partial charge >= 0.3 is 0 Å². The molecule has 0 fully saturated rings. The predicted octanol–water partition coefficient (Wildman–Crippen LogP) is 3.92. The third kappa shape index (κ3) is 2.43. The average Bonchev–Trinajstić information content (AvgIpc) is 3.06. The molecular weight excluding hydrogens is 382 g/mol. The van der Waals surface area contributed by atoms with E-state index in [0.29, 0.717) is 50.3 Å². The van der Waals surface area contributed by atoms with Gasteiger partial charge < -0.3 is 14.6 Å². The number of pyridine rings is 1. The van der Waals surface area contributed by atoms with Crippen LogP contribution in [0.25, 0.3) is 27.7 Å². The van der Waals surface area contributed by atoms with Gasteiger partial charge in [-0.05, 0) is 60.7 Å². The Hall–Kier alpha value is -4.06. The van der Waals surface area contributed by atoms with Crippen LogP contribution in [0.15, 0.2) is 65.5 Å². The van der Waals surface area contributed by atoms with Crippen molar-refractivity contribution < 1.29 is 19.4 Å². The predicted molar refractivity (Wildman–Crippen MR) is 113 cm³/mol. The highest BCUT2D eigenvalue weighted by atomic mass is 16.5. The van der Waals surface area contributed by atoms with E-state index in [4.69, 9.17) is 9.47 Å². The zero-order valence-electron chi connectivity index (χ0n) is 16.3. The van der Waals surface area contributed by atoms with Crippen molar-refractivity contribution in [3.63, 3.8) is 0 Å². The molecule has 30 heavy (non-hydrogen) atoms. The van der Waals surface area contributed by atoms with Crippen LogP contribution in [0, 0.1) is 0 Å². The fraction of sp³-hybridized carbons (Fsp3) is 0.0833. The van der Waals surface area contributed by atoms with Gasteiger partial charge in [0.25, 0.3) is 5.56 Å². The molecule has 6 heteroatoms. The molecule has 148 valence electrons. The molecule has 1 heterocycles. The summed E-state index contributed by atoms with van der Waals surface area (Å²) < 4.78 is 12.1. The Morgan fingerprint density at radius 3 is 2.13 bits per heavy atom. The first-order chi connectivity index (χ1) is 14.5.